The Kier molecular flexibility index (Phi) is 8.36. The minimum Gasteiger partial charge on any atom is -0.481 e. The highest BCUT2D eigenvalue weighted by Crippen LogP contribution is 2.32. The number of halogens is 4. The van der Waals surface area contributed by atoms with Gasteiger partial charge in [0.1, 0.15) is 5.75 Å². The van der Waals surface area contributed by atoms with Gasteiger partial charge in [0.2, 0.25) is 5.91 Å². The molecule has 0 aliphatic carbocycles. The van der Waals surface area contributed by atoms with Crippen LogP contribution in [0.4, 0.5) is 5.69 Å². The summed E-state index contributed by atoms with van der Waals surface area (Å²) in [5, 5.41) is 13.4. The number of ether oxygens (including phenoxy) is 1. The Balaban J connectivity index is 1.67. The summed E-state index contributed by atoms with van der Waals surface area (Å²) in [6.45, 7) is 4.40. The van der Waals surface area contributed by atoms with Crippen molar-refractivity contribution < 1.29 is 9.53 Å². The quantitative estimate of drug-likeness (QED) is 0.332. The van der Waals surface area contributed by atoms with Gasteiger partial charge in [0.15, 0.2) is 17.1 Å². The van der Waals surface area contributed by atoms with Gasteiger partial charge in [-0.1, -0.05) is 64.2 Å². The Morgan fingerprint density at radius 2 is 1.94 bits per heavy atom. The number of thioether (sulfide) groups is 1. The third-order valence-electron chi connectivity index (χ3n) is 4.18. The van der Waals surface area contributed by atoms with E-state index in [-0.39, 0.29) is 11.7 Å². The molecule has 11 heteroatoms. The molecule has 0 spiro atoms. The first-order valence-electron chi connectivity index (χ1n) is 9.21. The Morgan fingerprint density at radius 1 is 1.16 bits per heavy atom. The molecule has 3 rings (SSSR count). The van der Waals surface area contributed by atoms with Crippen molar-refractivity contribution in [2.24, 2.45) is 0 Å². The summed E-state index contributed by atoms with van der Waals surface area (Å²) in [4.78, 5) is 12.4. The van der Waals surface area contributed by atoms with Gasteiger partial charge in [0, 0.05) is 17.6 Å². The number of hydrogen-bond acceptors (Lipinski definition) is 5. The van der Waals surface area contributed by atoms with Crippen LogP contribution in [-0.2, 0) is 11.3 Å². The van der Waals surface area contributed by atoms with E-state index in [4.69, 9.17) is 51.1 Å². The lowest BCUT2D eigenvalue weighted by atomic mass is 10.3. The van der Waals surface area contributed by atoms with Crippen molar-refractivity contribution in [2.45, 2.75) is 31.7 Å². The molecule has 0 bridgehead atoms. The number of nitrogens with zero attached hydrogens (tertiary/aromatic N) is 3. The zero-order valence-corrected chi connectivity index (χ0v) is 20.4. The predicted molar refractivity (Wildman–Crippen MR) is 127 cm³/mol. The van der Waals surface area contributed by atoms with Gasteiger partial charge in [0.05, 0.1) is 26.5 Å². The molecule has 3 aromatic rings. The van der Waals surface area contributed by atoms with Crippen LogP contribution in [0.2, 0.25) is 20.1 Å². The summed E-state index contributed by atoms with van der Waals surface area (Å²) in [6.07, 6.45) is -0.433. The van der Waals surface area contributed by atoms with Crippen molar-refractivity contribution in [1.29, 1.82) is 0 Å². The molecule has 1 aromatic heterocycles. The average molecular weight is 520 g/mol. The van der Waals surface area contributed by atoms with E-state index < -0.39 is 6.10 Å². The molecule has 0 saturated carbocycles. The number of carbonyl (C=O) groups is 1. The van der Waals surface area contributed by atoms with E-state index in [0.29, 0.717) is 49.1 Å². The van der Waals surface area contributed by atoms with Crippen molar-refractivity contribution in [2.75, 3.05) is 11.1 Å². The molecule has 0 radical (unpaired) electrons. The van der Waals surface area contributed by atoms with E-state index in [9.17, 15) is 4.79 Å². The Morgan fingerprint density at radius 3 is 2.68 bits per heavy atom. The van der Waals surface area contributed by atoms with Crippen LogP contribution in [0.3, 0.4) is 0 Å². The lowest BCUT2D eigenvalue weighted by molar-refractivity contribution is -0.113. The molecule has 1 unspecified atom stereocenters. The molecule has 6 nitrogen and oxygen atoms in total. The van der Waals surface area contributed by atoms with Crippen molar-refractivity contribution in [1.82, 2.24) is 14.8 Å². The number of amides is 1. The first-order chi connectivity index (χ1) is 14.8. The van der Waals surface area contributed by atoms with Crippen LogP contribution >= 0.6 is 58.2 Å². The van der Waals surface area contributed by atoms with E-state index in [1.165, 1.54) is 11.8 Å². The summed E-state index contributed by atoms with van der Waals surface area (Å²) in [5.74, 6) is 0.950. The molecule has 0 aliphatic heterocycles. The largest absolute Gasteiger partial charge is 0.481 e. The van der Waals surface area contributed by atoms with Crippen molar-refractivity contribution >= 4 is 69.8 Å². The molecule has 1 heterocycles. The highest BCUT2D eigenvalue weighted by molar-refractivity contribution is 7.99. The van der Waals surface area contributed by atoms with Gasteiger partial charge in [0.25, 0.3) is 0 Å². The number of nitrogens with one attached hydrogen (secondary N) is 1. The molecule has 1 N–H and O–H groups in total. The summed E-state index contributed by atoms with van der Waals surface area (Å²) in [6, 6.07) is 10.1. The molecule has 31 heavy (non-hydrogen) atoms. The number of carbonyl (C=O) groups excluding carboxylic acids is 1. The summed E-state index contributed by atoms with van der Waals surface area (Å²) < 4.78 is 7.82. The minimum atomic E-state index is -0.433. The fraction of sp³-hybridized carbons (Fsp3) is 0.250. The fourth-order valence-corrected chi connectivity index (χ4v) is 4.21. The van der Waals surface area contributed by atoms with E-state index in [1.807, 2.05) is 18.4 Å². The molecule has 0 saturated heterocycles. The van der Waals surface area contributed by atoms with Gasteiger partial charge in [-0.15, -0.1) is 10.2 Å². The fourth-order valence-electron chi connectivity index (χ4n) is 2.73. The third kappa shape index (κ3) is 5.99. The normalized spacial score (nSPS) is 11.9. The maximum absolute atomic E-state index is 12.4. The number of rotatable bonds is 8. The number of hydrogen-bond donors (Lipinski definition) is 1. The number of anilines is 1. The highest BCUT2D eigenvalue weighted by atomic mass is 35.5. The van der Waals surface area contributed by atoms with Crippen LogP contribution < -0.4 is 10.1 Å². The van der Waals surface area contributed by atoms with Crippen molar-refractivity contribution in [3.63, 3.8) is 0 Å². The molecule has 1 amide bonds. The van der Waals surface area contributed by atoms with Crippen LogP contribution in [0.15, 0.2) is 41.6 Å². The zero-order valence-electron chi connectivity index (χ0n) is 16.5. The summed E-state index contributed by atoms with van der Waals surface area (Å²) in [5.41, 5.74) is 0.456. The van der Waals surface area contributed by atoms with Gasteiger partial charge in [-0.3, -0.25) is 4.79 Å². The zero-order chi connectivity index (χ0) is 22.5. The first-order valence-corrected chi connectivity index (χ1v) is 11.7. The Hall–Kier alpha value is -1.64. The molecule has 164 valence electrons. The Labute approximate surface area is 204 Å². The van der Waals surface area contributed by atoms with E-state index in [0.717, 1.165) is 0 Å². The van der Waals surface area contributed by atoms with Crippen LogP contribution in [0.25, 0.3) is 0 Å². The highest BCUT2D eigenvalue weighted by Gasteiger charge is 2.20. The topological polar surface area (TPSA) is 69.0 Å². The van der Waals surface area contributed by atoms with Gasteiger partial charge in [-0.2, -0.15) is 0 Å². The molecule has 0 fully saturated rings. The molecule has 2 aromatic carbocycles. The standard InChI is InChI=1S/C20H18Cl4N4O2S/c1-3-28-19(11(2)30-16-9-12(21)7-8-13(16)22)26-27-20(28)31-10-17(29)25-15-6-4-5-14(23)18(15)24/h4-9,11H,3,10H2,1-2H3,(H,25,29). The van der Waals surface area contributed by atoms with Gasteiger partial charge in [-0.05, 0) is 38.1 Å². The van der Waals surface area contributed by atoms with Crippen LogP contribution in [0.5, 0.6) is 5.75 Å². The van der Waals surface area contributed by atoms with Crippen molar-refractivity contribution in [3.05, 3.63) is 62.3 Å². The van der Waals surface area contributed by atoms with Gasteiger partial charge >= 0.3 is 0 Å². The maximum atomic E-state index is 12.4. The van der Waals surface area contributed by atoms with Crippen LogP contribution in [0.1, 0.15) is 25.8 Å². The van der Waals surface area contributed by atoms with E-state index >= 15 is 0 Å². The second-order valence-electron chi connectivity index (χ2n) is 6.36. The monoisotopic (exact) mass is 518 g/mol. The molecular weight excluding hydrogens is 502 g/mol. The summed E-state index contributed by atoms with van der Waals surface area (Å²) >= 11 is 25.6. The molecular formula is C20H18Cl4N4O2S. The van der Waals surface area contributed by atoms with Crippen molar-refractivity contribution in [3.8, 4) is 5.75 Å². The van der Waals surface area contributed by atoms with Crippen LogP contribution in [0, 0.1) is 0 Å². The smallest absolute Gasteiger partial charge is 0.234 e. The predicted octanol–water partition coefficient (Wildman–Crippen LogP) is 6.78. The van der Waals surface area contributed by atoms with Crippen LogP contribution in [-0.4, -0.2) is 26.4 Å². The van der Waals surface area contributed by atoms with Gasteiger partial charge < -0.3 is 14.6 Å². The Bertz CT molecular complexity index is 1090. The average Bonchev–Trinajstić information content (AvgIpc) is 3.15. The second kappa shape index (κ2) is 10.8. The number of aromatic nitrogens is 3. The lowest BCUT2D eigenvalue weighted by Gasteiger charge is -2.16. The lowest BCUT2D eigenvalue weighted by Crippen LogP contribution is -2.15. The SMILES string of the molecule is CCn1c(SCC(=O)Nc2cccc(Cl)c2Cl)nnc1C(C)Oc1cc(Cl)ccc1Cl. The number of benzene rings is 2. The molecule has 1 atom stereocenters. The third-order valence-corrected chi connectivity index (χ3v) is 6.51. The minimum absolute atomic E-state index is 0.121. The van der Waals surface area contributed by atoms with E-state index in [2.05, 4.69) is 15.5 Å². The second-order valence-corrected chi connectivity index (χ2v) is 8.93. The first kappa shape index (κ1) is 24.0. The maximum Gasteiger partial charge on any atom is 0.234 e. The van der Waals surface area contributed by atoms with E-state index in [1.54, 1.807) is 36.4 Å². The molecule has 0 aliphatic rings. The van der Waals surface area contributed by atoms with Gasteiger partial charge in [-0.25, -0.2) is 0 Å². The summed E-state index contributed by atoms with van der Waals surface area (Å²) in [7, 11) is 0.